The Labute approximate surface area is 239 Å². The summed E-state index contributed by atoms with van der Waals surface area (Å²) in [5.41, 5.74) is -0.814. The highest BCUT2D eigenvalue weighted by Gasteiger charge is 2.42. The van der Waals surface area contributed by atoms with Gasteiger partial charge in [0, 0.05) is 25.4 Å². The highest BCUT2D eigenvalue weighted by Crippen LogP contribution is 2.30. The maximum Gasteiger partial charge on any atom is 0.348 e. The van der Waals surface area contributed by atoms with Crippen LogP contribution in [0.25, 0.3) is 0 Å². The lowest BCUT2D eigenvalue weighted by Gasteiger charge is -2.41. The van der Waals surface area contributed by atoms with Crippen molar-refractivity contribution in [1.29, 1.82) is 0 Å². The standard InChI is InChI=1S/C29H52N6O5/c1-19(18-26(37)38)11-16-25(36)33-17-7-10-24(33)27(39)29(3,4)32-21-12-14-22(15-13-21)34(30)28(40)35(31)23-9-6-5-8-20(23)2/h19-24,32H,5-18,30-31H2,1-4H3,(H,37,38)/t19?,20?,21?,22?,23?,24-/m0/s1. The first kappa shape index (κ1) is 32.3. The SMILES string of the molecule is CC(CCC(=O)N1CCC[C@H]1C(=O)C(C)(C)NC1CCC(N(N)C(=O)N(N)C2CCCCC2C)CC1)CC(=O)O. The summed E-state index contributed by atoms with van der Waals surface area (Å²) in [6, 6.07) is -0.758. The molecule has 0 spiro atoms. The van der Waals surface area contributed by atoms with Crippen LogP contribution in [0.15, 0.2) is 0 Å². The number of ketones is 1. The second-order valence-electron chi connectivity index (χ2n) is 13.1. The first-order valence-electron chi connectivity index (χ1n) is 15.3. The van der Waals surface area contributed by atoms with Gasteiger partial charge >= 0.3 is 12.0 Å². The minimum atomic E-state index is -0.864. The zero-order chi connectivity index (χ0) is 29.6. The van der Waals surface area contributed by atoms with Crippen molar-refractivity contribution in [2.45, 2.75) is 141 Å². The zero-order valence-electron chi connectivity index (χ0n) is 24.9. The molecule has 0 aromatic heterocycles. The molecular formula is C29H52N6O5. The number of carboxylic acid groups (broad SMARTS) is 1. The van der Waals surface area contributed by atoms with E-state index < -0.39 is 17.6 Å². The van der Waals surface area contributed by atoms with Gasteiger partial charge in [-0.2, -0.15) is 0 Å². The average molecular weight is 565 g/mol. The number of carbonyl (C=O) groups is 4. The Morgan fingerprint density at radius 2 is 1.62 bits per heavy atom. The van der Waals surface area contributed by atoms with E-state index in [0.717, 1.165) is 51.4 Å². The molecule has 3 amide bonds. The molecular weight excluding hydrogens is 512 g/mol. The number of aliphatic carboxylic acids is 1. The van der Waals surface area contributed by atoms with E-state index in [1.165, 1.54) is 16.4 Å². The lowest BCUT2D eigenvalue weighted by Crippen LogP contribution is -2.61. The number of likely N-dealkylation sites (tertiary alicyclic amines) is 1. The fourth-order valence-corrected chi connectivity index (χ4v) is 6.89. The van der Waals surface area contributed by atoms with E-state index in [1.54, 1.807) is 4.90 Å². The van der Waals surface area contributed by atoms with Gasteiger partial charge in [-0.3, -0.25) is 24.4 Å². The summed E-state index contributed by atoms with van der Waals surface area (Å²) in [6.45, 7) is 8.30. The van der Waals surface area contributed by atoms with Gasteiger partial charge in [0.1, 0.15) is 0 Å². The molecule has 1 aliphatic heterocycles. The highest BCUT2D eigenvalue weighted by atomic mass is 16.4. The number of nitrogens with one attached hydrogen (secondary N) is 1. The largest absolute Gasteiger partial charge is 0.481 e. The van der Waals surface area contributed by atoms with Crippen molar-refractivity contribution in [2.75, 3.05) is 6.54 Å². The smallest absolute Gasteiger partial charge is 0.348 e. The van der Waals surface area contributed by atoms with E-state index in [4.69, 9.17) is 16.8 Å². The summed E-state index contributed by atoms with van der Waals surface area (Å²) in [5, 5.41) is 15.2. The van der Waals surface area contributed by atoms with E-state index in [-0.39, 0.29) is 54.6 Å². The normalized spacial score (nSPS) is 28.1. The number of carbonyl (C=O) groups excluding carboxylic acids is 3. The number of nitrogens with two attached hydrogens (primary N) is 2. The number of hydrogen-bond donors (Lipinski definition) is 4. The van der Waals surface area contributed by atoms with Crippen molar-refractivity contribution < 1.29 is 24.3 Å². The molecule has 3 aliphatic rings. The van der Waals surface area contributed by atoms with Crippen LogP contribution in [0.3, 0.4) is 0 Å². The Balaban J connectivity index is 1.49. The number of carboxylic acids is 1. The maximum atomic E-state index is 13.6. The predicted octanol–water partition coefficient (Wildman–Crippen LogP) is 3.17. The van der Waals surface area contributed by atoms with Crippen LogP contribution in [0.5, 0.6) is 0 Å². The minimum absolute atomic E-state index is 0.00932. The molecule has 3 fully saturated rings. The van der Waals surface area contributed by atoms with Crippen molar-refractivity contribution in [3.63, 3.8) is 0 Å². The molecule has 228 valence electrons. The van der Waals surface area contributed by atoms with Crippen LogP contribution in [0, 0.1) is 11.8 Å². The van der Waals surface area contributed by atoms with Crippen molar-refractivity contribution in [1.82, 2.24) is 20.2 Å². The molecule has 2 aliphatic carbocycles. The van der Waals surface area contributed by atoms with Gasteiger partial charge in [0.15, 0.2) is 5.78 Å². The lowest BCUT2D eigenvalue weighted by molar-refractivity contribution is -0.140. The number of amides is 3. The third-order valence-electron chi connectivity index (χ3n) is 9.39. The maximum absolute atomic E-state index is 13.6. The van der Waals surface area contributed by atoms with Crippen LogP contribution in [0.1, 0.15) is 111 Å². The monoisotopic (exact) mass is 564 g/mol. The lowest BCUT2D eigenvalue weighted by atomic mass is 9.85. The van der Waals surface area contributed by atoms with Gasteiger partial charge in [-0.15, -0.1) is 0 Å². The molecule has 3 rings (SSSR count). The molecule has 0 aromatic carbocycles. The van der Waals surface area contributed by atoms with Crippen LogP contribution < -0.4 is 17.0 Å². The third-order valence-corrected chi connectivity index (χ3v) is 9.39. The van der Waals surface area contributed by atoms with E-state index in [9.17, 15) is 19.2 Å². The number of hydrazine groups is 2. The quantitative estimate of drug-likeness (QED) is 0.169. The fourth-order valence-electron chi connectivity index (χ4n) is 6.89. The third kappa shape index (κ3) is 8.16. The molecule has 0 aromatic rings. The van der Waals surface area contributed by atoms with Crippen LogP contribution in [0.4, 0.5) is 4.79 Å². The second-order valence-corrected chi connectivity index (χ2v) is 13.1. The second kappa shape index (κ2) is 14.1. The van der Waals surface area contributed by atoms with E-state index >= 15 is 0 Å². The van der Waals surface area contributed by atoms with E-state index in [0.29, 0.717) is 25.3 Å². The Morgan fingerprint density at radius 3 is 2.25 bits per heavy atom. The van der Waals surface area contributed by atoms with Gasteiger partial charge in [-0.25, -0.2) is 16.5 Å². The molecule has 1 saturated heterocycles. The molecule has 11 nitrogen and oxygen atoms in total. The van der Waals surface area contributed by atoms with Gasteiger partial charge in [0.25, 0.3) is 0 Å². The molecule has 1 heterocycles. The Hall–Kier alpha value is -2.24. The summed E-state index contributed by atoms with van der Waals surface area (Å²) in [4.78, 5) is 52.2. The van der Waals surface area contributed by atoms with Gasteiger partial charge in [0.05, 0.1) is 23.7 Å². The summed E-state index contributed by atoms with van der Waals surface area (Å²) in [6.07, 6.45) is 9.44. The Bertz CT molecular complexity index is 905. The van der Waals surface area contributed by atoms with E-state index in [1.807, 2.05) is 20.8 Å². The Kier molecular flexibility index (Phi) is 11.4. The molecule has 3 unspecified atom stereocenters. The average Bonchev–Trinajstić information content (AvgIpc) is 3.40. The van der Waals surface area contributed by atoms with Crippen LogP contribution in [0.2, 0.25) is 0 Å². The number of rotatable bonds is 11. The minimum Gasteiger partial charge on any atom is -0.481 e. The van der Waals surface area contributed by atoms with Gasteiger partial charge in [-0.1, -0.05) is 26.7 Å². The predicted molar refractivity (Wildman–Crippen MR) is 153 cm³/mol. The Morgan fingerprint density at radius 1 is 0.975 bits per heavy atom. The molecule has 4 atom stereocenters. The summed E-state index contributed by atoms with van der Waals surface area (Å²) in [5.74, 6) is 11.9. The number of urea groups is 1. The number of nitrogens with zero attached hydrogens (tertiary/aromatic N) is 3. The van der Waals surface area contributed by atoms with Crippen LogP contribution in [-0.4, -0.2) is 80.0 Å². The zero-order valence-corrected chi connectivity index (χ0v) is 24.9. The first-order chi connectivity index (χ1) is 18.8. The van der Waals surface area contributed by atoms with Crippen molar-refractivity contribution >= 4 is 23.7 Å². The number of hydrogen-bond acceptors (Lipinski definition) is 7. The summed E-state index contributed by atoms with van der Waals surface area (Å²) >= 11 is 0. The molecule has 2 saturated carbocycles. The van der Waals surface area contributed by atoms with E-state index in [2.05, 4.69) is 12.2 Å². The van der Waals surface area contributed by atoms with Crippen molar-refractivity contribution in [3.8, 4) is 0 Å². The van der Waals surface area contributed by atoms with Crippen LogP contribution >= 0.6 is 0 Å². The van der Waals surface area contributed by atoms with Gasteiger partial charge in [-0.05, 0) is 83.5 Å². The first-order valence-corrected chi connectivity index (χ1v) is 15.3. The molecule has 11 heteroatoms. The van der Waals surface area contributed by atoms with Gasteiger partial charge < -0.3 is 15.3 Å². The molecule has 40 heavy (non-hydrogen) atoms. The van der Waals surface area contributed by atoms with Crippen LogP contribution in [-0.2, 0) is 14.4 Å². The molecule has 0 radical (unpaired) electrons. The summed E-state index contributed by atoms with van der Waals surface area (Å²) < 4.78 is 0. The number of Topliss-reactive ketones (excluding diaryl/α,β-unsaturated/α-hetero) is 1. The van der Waals surface area contributed by atoms with Crippen molar-refractivity contribution in [2.24, 2.45) is 23.5 Å². The highest BCUT2D eigenvalue weighted by molar-refractivity contribution is 5.95. The topological polar surface area (TPSA) is 162 Å². The molecule has 6 N–H and O–H groups in total. The summed E-state index contributed by atoms with van der Waals surface area (Å²) in [7, 11) is 0. The van der Waals surface area contributed by atoms with Gasteiger partial charge in [0.2, 0.25) is 5.91 Å². The van der Waals surface area contributed by atoms with Crippen molar-refractivity contribution in [3.05, 3.63) is 0 Å². The fraction of sp³-hybridized carbons (Fsp3) is 0.862. The molecule has 0 bridgehead atoms.